The van der Waals surface area contributed by atoms with E-state index in [1.165, 1.54) is 0 Å². The molecule has 0 fully saturated rings. The van der Waals surface area contributed by atoms with Gasteiger partial charge in [0.25, 0.3) is 0 Å². The van der Waals surface area contributed by atoms with Gasteiger partial charge in [-0.05, 0) is 47.2 Å². The van der Waals surface area contributed by atoms with Crippen molar-refractivity contribution in [2.45, 2.75) is 24.3 Å². The molecular weight excluding hydrogens is 292 g/mol. The van der Waals surface area contributed by atoms with Crippen LogP contribution < -0.4 is 0 Å². The normalized spacial score (nSPS) is 19.9. The second-order valence-corrected chi connectivity index (χ2v) is 8.05. The lowest BCUT2D eigenvalue weighted by Gasteiger charge is -2.15. The van der Waals surface area contributed by atoms with E-state index in [9.17, 15) is 8.42 Å². The lowest BCUT2D eigenvalue weighted by atomic mass is 9.90. The van der Waals surface area contributed by atoms with Crippen molar-refractivity contribution in [2.75, 3.05) is 0 Å². The van der Waals surface area contributed by atoms with E-state index < -0.39 is 14.5 Å². The maximum atomic E-state index is 12.4. The summed E-state index contributed by atoms with van der Waals surface area (Å²) < 4.78 is 23.9. The first-order valence-corrected chi connectivity index (χ1v) is 8.61. The predicted molar refractivity (Wildman–Crippen MR) is 82.6 cm³/mol. The summed E-state index contributed by atoms with van der Waals surface area (Å²) in [5.74, 6) is -0.00764. The smallest absolute Gasteiger partial charge is 0.175 e. The number of halogens is 1. The molecule has 0 saturated carbocycles. The quantitative estimate of drug-likeness (QED) is 0.686. The van der Waals surface area contributed by atoms with Gasteiger partial charge in [-0.1, -0.05) is 36.4 Å². The number of hydrogen-bond donors (Lipinski definition) is 0. The molecular formula is C16H15ClO2S. The monoisotopic (exact) mass is 306 g/mol. The molecule has 0 radical (unpaired) electrons. The van der Waals surface area contributed by atoms with Crippen molar-refractivity contribution in [1.82, 2.24) is 0 Å². The molecule has 2 aromatic carbocycles. The van der Waals surface area contributed by atoms with Gasteiger partial charge in [0.05, 0.1) is 5.75 Å². The summed E-state index contributed by atoms with van der Waals surface area (Å²) in [4.78, 5) is 0. The lowest BCUT2D eigenvalue weighted by molar-refractivity contribution is 0.593. The summed E-state index contributed by atoms with van der Waals surface area (Å²) in [5, 5.41) is 0. The predicted octanol–water partition coefficient (Wildman–Crippen LogP) is 4.14. The van der Waals surface area contributed by atoms with Crippen LogP contribution in [0.2, 0.25) is 0 Å². The van der Waals surface area contributed by atoms with Crippen LogP contribution in [0.1, 0.15) is 27.0 Å². The summed E-state index contributed by atoms with van der Waals surface area (Å²) in [6, 6.07) is 11.5. The van der Waals surface area contributed by atoms with Crippen molar-refractivity contribution in [1.29, 1.82) is 0 Å². The van der Waals surface area contributed by atoms with Crippen LogP contribution in [-0.2, 0) is 15.6 Å². The van der Waals surface area contributed by atoms with Gasteiger partial charge in [-0.2, -0.15) is 0 Å². The van der Waals surface area contributed by atoms with Crippen molar-refractivity contribution in [2.24, 2.45) is 0 Å². The van der Waals surface area contributed by atoms with E-state index in [0.29, 0.717) is 5.56 Å². The Labute approximate surface area is 124 Å². The third-order valence-corrected chi connectivity index (χ3v) is 6.48. The Balaban J connectivity index is 2.49. The van der Waals surface area contributed by atoms with Crippen LogP contribution in [0, 0.1) is 13.8 Å². The molecule has 0 unspecified atom stereocenters. The maximum Gasteiger partial charge on any atom is 0.175 e. The molecule has 0 amide bonds. The molecule has 1 aliphatic heterocycles. The van der Waals surface area contributed by atoms with Crippen LogP contribution in [0.3, 0.4) is 0 Å². The van der Waals surface area contributed by atoms with Gasteiger partial charge in [0.15, 0.2) is 14.5 Å². The molecule has 20 heavy (non-hydrogen) atoms. The fourth-order valence-electron chi connectivity index (χ4n) is 2.91. The summed E-state index contributed by atoms with van der Waals surface area (Å²) in [6.45, 7) is 4.01. The molecule has 0 N–H and O–H groups in total. The highest BCUT2D eigenvalue weighted by atomic mass is 35.5. The molecule has 1 aliphatic rings. The Morgan fingerprint density at radius 2 is 1.60 bits per heavy atom. The second kappa shape index (κ2) is 4.61. The fraction of sp³-hybridized carbons (Fsp3) is 0.250. The Kier molecular flexibility index (Phi) is 3.14. The highest BCUT2D eigenvalue weighted by Crippen LogP contribution is 2.44. The molecule has 4 heteroatoms. The number of alkyl halides is 1. The summed E-state index contributed by atoms with van der Waals surface area (Å²) in [5.41, 5.74) is 5.66. The van der Waals surface area contributed by atoms with Crippen LogP contribution in [-0.4, -0.2) is 8.42 Å². The Hall–Kier alpha value is -1.32. The first-order chi connectivity index (χ1) is 9.42. The van der Waals surface area contributed by atoms with Gasteiger partial charge in [-0.3, -0.25) is 0 Å². The van der Waals surface area contributed by atoms with Crippen LogP contribution in [0.5, 0.6) is 0 Å². The molecule has 1 heterocycles. The minimum absolute atomic E-state index is 0.00764. The third kappa shape index (κ3) is 1.97. The Bertz CT molecular complexity index is 794. The van der Waals surface area contributed by atoms with Crippen molar-refractivity contribution in [3.63, 3.8) is 0 Å². The zero-order valence-corrected chi connectivity index (χ0v) is 12.9. The fourth-order valence-corrected chi connectivity index (χ4v) is 4.69. The third-order valence-electron chi connectivity index (χ3n) is 3.83. The van der Waals surface area contributed by atoms with E-state index >= 15 is 0 Å². The van der Waals surface area contributed by atoms with E-state index in [0.717, 1.165) is 27.8 Å². The summed E-state index contributed by atoms with van der Waals surface area (Å²) in [7, 11) is -3.39. The highest BCUT2D eigenvalue weighted by molar-refractivity contribution is 7.92. The zero-order chi connectivity index (χ0) is 14.5. The van der Waals surface area contributed by atoms with Crippen molar-refractivity contribution in [3.8, 4) is 11.1 Å². The van der Waals surface area contributed by atoms with E-state index in [1.54, 1.807) is 0 Å². The van der Waals surface area contributed by atoms with Crippen LogP contribution >= 0.6 is 11.6 Å². The van der Waals surface area contributed by atoms with Crippen molar-refractivity contribution in [3.05, 3.63) is 58.7 Å². The van der Waals surface area contributed by atoms with Gasteiger partial charge in [-0.15, -0.1) is 11.6 Å². The molecule has 2 nitrogen and oxygen atoms in total. The van der Waals surface area contributed by atoms with E-state index in [2.05, 4.69) is 0 Å². The zero-order valence-electron chi connectivity index (χ0n) is 11.4. The van der Waals surface area contributed by atoms with Crippen molar-refractivity contribution < 1.29 is 8.42 Å². The molecule has 104 valence electrons. The molecule has 0 spiro atoms. The standard InChI is InChI=1S/C16H15ClO2S/c1-10-5-3-7-12-9-20(18,19)16(17)13-8-4-6-11(2)15(13)14(10)12/h3-8,16H,9H2,1-2H3/t16-/m1/s1. The number of hydrogen-bond acceptors (Lipinski definition) is 2. The Morgan fingerprint density at radius 3 is 2.30 bits per heavy atom. The minimum Gasteiger partial charge on any atom is -0.227 e. The number of aryl methyl sites for hydroxylation is 2. The molecule has 0 aromatic heterocycles. The van der Waals surface area contributed by atoms with Gasteiger partial charge < -0.3 is 0 Å². The lowest BCUT2D eigenvalue weighted by Crippen LogP contribution is -2.09. The van der Waals surface area contributed by atoms with Crippen LogP contribution in [0.4, 0.5) is 0 Å². The average molecular weight is 307 g/mol. The van der Waals surface area contributed by atoms with Gasteiger partial charge in [0, 0.05) is 0 Å². The average Bonchev–Trinajstić information content (AvgIpc) is 2.46. The molecule has 1 atom stereocenters. The van der Waals surface area contributed by atoms with E-state index in [4.69, 9.17) is 11.6 Å². The molecule has 3 rings (SSSR count). The first kappa shape index (κ1) is 13.7. The van der Waals surface area contributed by atoms with Crippen LogP contribution in [0.15, 0.2) is 36.4 Å². The van der Waals surface area contributed by atoms with Crippen LogP contribution in [0.25, 0.3) is 11.1 Å². The van der Waals surface area contributed by atoms with Gasteiger partial charge >= 0.3 is 0 Å². The summed E-state index contributed by atoms with van der Waals surface area (Å²) in [6.07, 6.45) is 0. The molecule has 0 saturated heterocycles. The largest absolute Gasteiger partial charge is 0.227 e. The number of rotatable bonds is 0. The van der Waals surface area contributed by atoms with Gasteiger partial charge in [0.2, 0.25) is 0 Å². The minimum atomic E-state index is -3.39. The second-order valence-electron chi connectivity index (χ2n) is 5.27. The Morgan fingerprint density at radius 1 is 1.00 bits per heavy atom. The van der Waals surface area contributed by atoms with E-state index in [1.807, 2.05) is 50.2 Å². The van der Waals surface area contributed by atoms with Gasteiger partial charge in [-0.25, -0.2) is 8.42 Å². The van der Waals surface area contributed by atoms with Crippen molar-refractivity contribution >= 4 is 21.4 Å². The first-order valence-electron chi connectivity index (χ1n) is 6.46. The number of fused-ring (bicyclic) bond motifs is 3. The maximum absolute atomic E-state index is 12.4. The van der Waals surface area contributed by atoms with Gasteiger partial charge in [0.1, 0.15) is 0 Å². The highest BCUT2D eigenvalue weighted by Gasteiger charge is 2.33. The number of sulfone groups is 1. The number of benzene rings is 2. The summed E-state index contributed by atoms with van der Waals surface area (Å²) >= 11 is 6.27. The molecule has 0 bridgehead atoms. The van der Waals surface area contributed by atoms with E-state index in [-0.39, 0.29) is 5.75 Å². The SMILES string of the molecule is Cc1cccc2c1-c1c(C)cccc1[C@H](Cl)S(=O)(=O)C2. The topological polar surface area (TPSA) is 34.1 Å². The molecule has 0 aliphatic carbocycles. The molecule has 2 aromatic rings.